The maximum atomic E-state index is 12.1. The lowest BCUT2D eigenvalue weighted by Gasteiger charge is -2.32. The van der Waals surface area contributed by atoms with E-state index in [-0.39, 0.29) is 6.54 Å². The first-order chi connectivity index (χ1) is 9.15. The van der Waals surface area contributed by atoms with Crippen molar-refractivity contribution in [3.8, 4) is 0 Å². The highest BCUT2D eigenvalue weighted by atomic mass is 19.1. The van der Waals surface area contributed by atoms with Crippen LogP contribution in [-0.4, -0.2) is 36.9 Å². The van der Waals surface area contributed by atoms with Crippen molar-refractivity contribution >= 4 is 17.7 Å². The molecule has 2 rings (SSSR count). The highest BCUT2D eigenvalue weighted by Crippen LogP contribution is 2.35. The van der Waals surface area contributed by atoms with E-state index in [4.69, 9.17) is 0 Å². The standard InChI is InChI=1S/C13H15FN2O3/c14-6-7-15-13(19)16-8-5-10(12(17)18)9-3-1-2-4-11(9)16/h1-4,10H,5-8H2,(H,15,19)(H,17,18). The van der Waals surface area contributed by atoms with Crippen LogP contribution in [0.3, 0.4) is 0 Å². The van der Waals surface area contributed by atoms with Crippen LogP contribution in [0.4, 0.5) is 14.9 Å². The van der Waals surface area contributed by atoms with Crippen molar-refractivity contribution in [2.75, 3.05) is 24.7 Å². The fraction of sp³-hybridized carbons (Fsp3) is 0.385. The van der Waals surface area contributed by atoms with Crippen LogP contribution in [-0.2, 0) is 4.79 Å². The number of benzene rings is 1. The molecule has 2 N–H and O–H groups in total. The summed E-state index contributed by atoms with van der Waals surface area (Å²) in [4.78, 5) is 24.6. The molecule has 0 fully saturated rings. The lowest BCUT2D eigenvalue weighted by Crippen LogP contribution is -2.44. The van der Waals surface area contributed by atoms with E-state index in [9.17, 15) is 19.1 Å². The second-order valence-electron chi connectivity index (χ2n) is 4.31. The molecule has 0 saturated heterocycles. The quantitative estimate of drug-likeness (QED) is 0.875. The van der Waals surface area contributed by atoms with Crippen molar-refractivity contribution in [3.63, 3.8) is 0 Å². The first-order valence-electron chi connectivity index (χ1n) is 6.08. The molecule has 1 heterocycles. The van der Waals surface area contributed by atoms with E-state index in [1.165, 1.54) is 4.90 Å². The first-order valence-corrected chi connectivity index (χ1v) is 6.08. The summed E-state index contributed by atoms with van der Waals surface area (Å²) in [5, 5.41) is 11.6. The molecule has 1 aromatic rings. The average molecular weight is 266 g/mol. The predicted molar refractivity (Wildman–Crippen MR) is 68.2 cm³/mol. The Morgan fingerprint density at radius 1 is 1.42 bits per heavy atom. The summed E-state index contributed by atoms with van der Waals surface area (Å²) in [6, 6.07) is 6.52. The Kier molecular flexibility index (Phi) is 3.99. The van der Waals surface area contributed by atoms with Gasteiger partial charge in [-0.15, -0.1) is 0 Å². The van der Waals surface area contributed by atoms with Gasteiger partial charge in [0.05, 0.1) is 5.92 Å². The van der Waals surface area contributed by atoms with Gasteiger partial charge in [-0.25, -0.2) is 9.18 Å². The molecule has 19 heavy (non-hydrogen) atoms. The van der Waals surface area contributed by atoms with Crippen LogP contribution in [0.2, 0.25) is 0 Å². The maximum absolute atomic E-state index is 12.1. The molecular formula is C13H15FN2O3. The fourth-order valence-electron chi connectivity index (χ4n) is 2.28. The zero-order chi connectivity index (χ0) is 13.8. The number of carboxylic acids is 1. The molecule has 0 spiro atoms. The molecule has 1 unspecified atom stereocenters. The Morgan fingerprint density at radius 3 is 2.84 bits per heavy atom. The summed E-state index contributed by atoms with van der Waals surface area (Å²) < 4.78 is 12.1. The zero-order valence-electron chi connectivity index (χ0n) is 10.3. The van der Waals surface area contributed by atoms with E-state index >= 15 is 0 Å². The third kappa shape index (κ3) is 2.67. The topological polar surface area (TPSA) is 69.6 Å². The Balaban J connectivity index is 2.27. The van der Waals surface area contributed by atoms with Gasteiger partial charge in [0.25, 0.3) is 0 Å². The van der Waals surface area contributed by atoms with E-state index in [1.54, 1.807) is 24.3 Å². The van der Waals surface area contributed by atoms with Crippen molar-refractivity contribution in [1.29, 1.82) is 0 Å². The molecule has 1 aromatic carbocycles. The Morgan fingerprint density at radius 2 is 2.16 bits per heavy atom. The molecule has 0 bridgehead atoms. The number of carbonyl (C=O) groups is 2. The third-order valence-electron chi connectivity index (χ3n) is 3.16. The number of hydrogen-bond acceptors (Lipinski definition) is 2. The lowest BCUT2D eigenvalue weighted by atomic mass is 9.90. The van der Waals surface area contributed by atoms with Gasteiger partial charge in [-0.05, 0) is 18.1 Å². The number of para-hydroxylation sites is 1. The number of fused-ring (bicyclic) bond motifs is 1. The fourth-order valence-corrected chi connectivity index (χ4v) is 2.28. The number of anilines is 1. The van der Waals surface area contributed by atoms with Gasteiger partial charge in [-0.2, -0.15) is 0 Å². The van der Waals surface area contributed by atoms with Crippen molar-refractivity contribution in [3.05, 3.63) is 29.8 Å². The molecule has 1 atom stereocenters. The second kappa shape index (κ2) is 5.69. The van der Waals surface area contributed by atoms with E-state index in [0.29, 0.717) is 24.2 Å². The number of hydrogen-bond donors (Lipinski definition) is 2. The maximum Gasteiger partial charge on any atom is 0.321 e. The van der Waals surface area contributed by atoms with Crippen LogP contribution in [0.1, 0.15) is 17.9 Å². The number of halogens is 1. The van der Waals surface area contributed by atoms with Crippen LogP contribution in [0, 0.1) is 0 Å². The summed E-state index contributed by atoms with van der Waals surface area (Å²) in [5.41, 5.74) is 1.20. The number of carbonyl (C=O) groups excluding carboxylic acids is 1. The average Bonchev–Trinajstić information content (AvgIpc) is 2.43. The summed E-state index contributed by atoms with van der Waals surface area (Å²) in [6.07, 6.45) is 0.357. The Hall–Kier alpha value is -2.11. The number of nitrogens with zero attached hydrogens (tertiary/aromatic N) is 1. The second-order valence-corrected chi connectivity index (χ2v) is 4.31. The minimum Gasteiger partial charge on any atom is -0.481 e. The number of alkyl halides is 1. The highest BCUT2D eigenvalue weighted by Gasteiger charge is 2.32. The zero-order valence-corrected chi connectivity index (χ0v) is 10.3. The van der Waals surface area contributed by atoms with E-state index in [2.05, 4.69) is 5.32 Å². The van der Waals surface area contributed by atoms with E-state index < -0.39 is 24.6 Å². The van der Waals surface area contributed by atoms with Gasteiger partial charge in [-0.3, -0.25) is 9.69 Å². The molecule has 5 nitrogen and oxygen atoms in total. The van der Waals surface area contributed by atoms with Crippen LogP contribution in [0.25, 0.3) is 0 Å². The van der Waals surface area contributed by atoms with Gasteiger partial charge in [0.2, 0.25) is 0 Å². The monoisotopic (exact) mass is 266 g/mol. The molecule has 0 radical (unpaired) electrons. The SMILES string of the molecule is O=C(O)C1CCN(C(=O)NCCF)c2ccccc21. The summed E-state index contributed by atoms with van der Waals surface area (Å²) in [7, 11) is 0. The number of carboxylic acid groups (broad SMARTS) is 1. The number of rotatable bonds is 3. The van der Waals surface area contributed by atoms with Crippen molar-refractivity contribution in [2.45, 2.75) is 12.3 Å². The predicted octanol–water partition coefficient (Wildman–Crippen LogP) is 1.74. The molecular weight excluding hydrogens is 251 g/mol. The van der Waals surface area contributed by atoms with Crippen molar-refractivity contribution in [1.82, 2.24) is 5.32 Å². The van der Waals surface area contributed by atoms with Crippen molar-refractivity contribution < 1.29 is 19.1 Å². The Labute approximate surface area is 110 Å². The molecule has 6 heteroatoms. The third-order valence-corrected chi connectivity index (χ3v) is 3.16. The van der Waals surface area contributed by atoms with Gasteiger partial charge in [0.15, 0.2) is 0 Å². The van der Waals surface area contributed by atoms with Crippen LogP contribution in [0.5, 0.6) is 0 Å². The van der Waals surface area contributed by atoms with Gasteiger partial charge >= 0.3 is 12.0 Å². The molecule has 1 aliphatic rings. The number of amides is 2. The number of urea groups is 1. The van der Waals surface area contributed by atoms with Crippen LogP contribution < -0.4 is 10.2 Å². The van der Waals surface area contributed by atoms with Crippen molar-refractivity contribution in [2.24, 2.45) is 0 Å². The van der Waals surface area contributed by atoms with E-state index in [0.717, 1.165) is 0 Å². The van der Waals surface area contributed by atoms with Gasteiger partial charge in [0.1, 0.15) is 6.67 Å². The lowest BCUT2D eigenvalue weighted by molar-refractivity contribution is -0.139. The van der Waals surface area contributed by atoms with Crippen LogP contribution in [0.15, 0.2) is 24.3 Å². The number of nitrogens with one attached hydrogen (secondary N) is 1. The highest BCUT2D eigenvalue weighted by molar-refractivity contribution is 5.95. The van der Waals surface area contributed by atoms with Crippen LogP contribution >= 0.6 is 0 Å². The summed E-state index contributed by atoms with van der Waals surface area (Å²) >= 11 is 0. The molecule has 1 aliphatic heterocycles. The smallest absolute Gasteiger partial charge is 0.321 e. The minimum absolute atomic E-state index is 0.0418. The summed E-state index contributed by atoms with van der Waals surface area (Å²) in [5.74, 6) is -1.49. The Bertz CT molecular complexity index is 493. The number of aliphatic carboxylic acids is 1. The van der Waals surface area contributed by atoms with Gasteiger partial charge in [-0.1, -0.05) is 18.2 Å². The normalized spacial score (nSPS) is 17.7. The summed E-state index contributed by atoms with van der Waals surface area (Å²) in [6.45, 7) is -0.356. The molecule has 0 aliphatic carbocycles. The van der Waals surface area contributed by atoms with Gasteiger partial charge < -0.3 is 10.4 Å². The van der Waals surface area contributed by atoms with E-state index in [1.807, 2.05) is 0 Å². The molecule has 0 aromatic heterocycles. The van der Waals surface area contributed by atoms with Gasteiger partial charge in [0, 0.05) is 18.8 Å². The minimum atomic E-state index is -0.892. The molecule has 102 valence electrons. The largest absolute Gasteiger partial charge is 0.481 e. The molecule has 0 saturated carbocycles. The molecule has 2 amide bonds. The first kappa shape index (κ1) is 13.3.